The number of benzene rings is 2. The van der Waals surface area contributed by atoms with Crippen molar-refractivity contribution in [1.29, 1.82) is 5.26 Å². The van der Waals surface area contributed by atoms with Crippen LogP contribution in [0.3, 0.4) is 0 Å². The molecule has 122 valence electrons. The van der Waals surface area contributed by atoms with Crippen molar-refractivity contribution < 1.29 is 9.47 Å². The minimum Gasteiger partial charge on any atom is -0.493 e. The van der Waals surface area contributed by atoms with Crippen molar-refractivity contribution in [2.24, 2.45) is 0 Å². The van der Waals surface area contributed by atoms with E-state index < -0.39 is 0 Å². The van der Waals surface area contributed by atoms with Crippen molar-refractivity contribution >= 4 is 50.2 Å². The molecular formula is C19H15BrINO2. The molecule has 0 unspecified atom stereocenters. The van der Waals surface area contributed by atoms with E-state index in [2.05, 4.69) is 51.2 Å². The molecule has 3 nitrogen and oxygen atoms in total. The van der Waals surface area contributed by atoms with Crippen LogP contribution < -0.4 is 9.47 Å². The second-order valence-corrected chi connectivity index (χ2v) is 6.89. The first-order valence-corrected chi connectivity index (χ1v) is 8.95. The summed E-state index contributed by atoms with van der Waals surface area (Å²) in [7, 11) is 1.60. The summed E-state index contributed by atoms with van der Waals surface area (Å²) in [6.07, 6.45) is 3.52. The van der Waals surface area contributed by atoms with Crippen LogP contribution in [-0.4, -0.2) is 13.7 Å². The molecule has 0 heterocycles. The van der Waals surface area contributed by atoms with Crippen molar-refractivity contribution in [3.8, 4) is 17.6 Å². The average Bonchev–Trinajstić information content (AvgIpc) is 2.59. The van der Waals surface area contributed by atoms with Gasteiger partial charge < -0.3 is 9.47 Å². The molecule has 0 atom stereocenters. The summed E-state index contributed by atoms with van der Waals surface area (Å²) in [6.45, 7) is 4.06. The van der Waals surface area contributed by atoms with E-state index in [1.165, 1.54) is 0 Å². The number of ether oxygens (including phenoxy) is 2. The fourth-order valence-corrected chi connectivity index (χ4v) is 3.13. The molecule has 0 bridgehead atoms. The first-order valence-electron chi connectivity index (χ1n) is 7.08. The molecule has 0 spiro atoms. The summed E-state index contributed by atoms with van der Waals surface area (Å²) in [4.78, 5) is 0. The van der Waals surface area contributed by atoms with Crippen LogP contribution in [0.4, 0.5) is 0 Å². The van der Waals surface area contributed by atoms with E-state index >= 15 is 0 Å². The molecule has 0 aliphatic heterocycles. The summed E-state index contributed by atoms with van der Waals surface area (Å²) in [6, 6.07) is 13.7. The monoisotopic (exact) mass is 495 g/mol. The van der Waals surface area contributed by atoms with E-state index in [4.69, 9.17) is 9.47 Å². The highest BCUT2D eigenvalue weighted by Gasteiger charge is 2.11. The molecule has 0 radical (unpaired) electrons. The highest BCUT2D eigenvalue weighted by Crippen LogP contribution is 2.35. The molecule has 0 aliphatic rings. The van der Waals surface area contributed by atoms with E-state index in [1.807, 2.05) is 42.5 Å². The molecular weight excluding hydrogens is 481 g/mol. The van der Waals surface area contributed by atoms with Crippen LogP contribution in [-0.2, 0) is 0 Å². The molecule has 0 N–H and O–H groups in total. The minimum atomic E-state index is 0.407. The lowest BCUT2D eigenvalue weighted by Crippen LogP contribution is -1.99. The van der Waals surface area contributed by atoms with Gasteiger partial charge in [0, 0.05) is 4.47 Å². The van der Waals surface area contributed by atoms with E-state index in [1.54, 1.807) is 13.2 Å². The standard InChI is InChI=1S/C19H15BrINO2/c1-3-8-24-19-17(21)10-13(11-18(19)23-2)9-15(12-22)14-4-6-16(20)7-5-14/h3-7,9-11H,1,8H2,2H3/b15-9+. The van der Waals surface area contributed by atoms with E-state index in [-0.39, 0.29) is 0 Å². The summed E-state index contributed by atoms with van der Waals surface area (Å²) in [5.41, 5.74) is 2.32. The fraction of sp³-hybridized carbons (Fsp3) is 0.105. The fourth-order valence-electron chi connectivity index (χ4n) is 2.08. The molecule has 0 fully saturated rings. The van der Waals surface area contributed by atoms with Gasteiger partial charge in [-0.1, -0.05) is 40.7 Å². The zero-order chi connectivity index (χ0) is 17.5. The number of methoxy groups -OCH3 is 1. The Labute approximate surface area is 163 Å². The summed E-state index contributed by atoms with van der Waals surface area (Å²) in [5.74, 6) is 1.31. The van der Waals surface area contributed by atoms with Crippen molar-refractivity contribution in [3.63, 3.8) is 0 Å². The van der Waals surface area contributed by atoms with Crippen molar-refractivity contribution in [3.05, 3.63) is 68.2 Å². The maximum Gasteiger partial charge on any atom is 0.174 e. The van der Waals surface area contributed by atoms with Crippen LogP contribution in [0.25, 0.3) is 11.6 Å². The Bertz CT molecular complexity index is 807. The van der Waals surface area contributed by atoms with Gasteiger partial charge in [0.1, 0.15) is 6.61 Å². The van der Waals surface area contributed by atoms with Gasteiger partial charge in [0.2, 0.25) is 0 Å². The highest BCUT2D eigenvalue weighted by atomic mass is 127. The zero-order valence-electron chi connectivity index (χ0n) is 13.1. The Kier molecular flexibility index (Phi) is 6.88. The van der Waals surface area contributed by atoms with Crippen LogP contribution in [0.1, 0.15) is 11.1 Å². The molecule has 2 aromatic carbocycles. The van der Waals surface area contributed by atoms with Crippen molar-refractivity contribution in [2.45, 2.75) is 0 Å². The van der Waals surface area contributed by atoms with Gasteiger partial charge in [-0.3, -0.25) is 0 Å². The smallest absolute Gasteiger partial charge is 0.174 e. The number of rotatable bonds is 6. The molecule has 2 aromatic rings. The zero-order valence-corrected chi connectivity index (χ0v) is 16.8. The van der Waals surface area contributed by atoms with E-state index in [9.17, 15) is 5.26 Å². The van der Waals surface area contributed by atoms with E-state index in [0.717, 1.165) is 19.2 Å². The predicted molar refractivity (Wildman–Crippen MR) is 109 cm³/mol. The first-order chi connectivity index (χ1) is 11.6. The number of allylic oxidation sites excluding steroid dienone is 1. The Morgan fingerprint density at radius 1 is 1.33 bits per heavy atom. The molecule has 0 saturated carbocycles. The Morgan fingerprint density at radius 3 is 2.62 bits per heavy atom. The quantitative estimate of drug-likeness (QED) is 0.224. The summed E-state index contributed by atoms with van der Waals surface area (Å²) < 4.78 is 13.0. The van der Waals surface area contributed by atoms with Gasteiger partial charge in [-0.05, 0) is 64.1 Å². The second kappa shape index (κ2) is 8.90. The maximum absolute atomic E-state index is 9.48. The molecule has 2 rings (SSSR count). The van der Waals surface area contributed by atoms with Gasteiger partial charge in [0.15, 0.2) is 11.5 Å². The lowest BCUT2D eigenvalue weighted by atomic mass is 10.0. The topological polar surface area (TPSA) is 42.2 Å². The van der Waals surface area contributed by atoms with Gasteiger partial charge in [0.25, 0.3) is 0 Å². The number of halogens is 2. The molecule has 0 aliphatic carbocycles. The number of hydrogen-bond donors (Lipinski definition) is 0. The van der Waals surface area contributed by atoms with Crippen LogP contribution in [0.5, 0.6) is 11.5 Å². The number of nitrogens with zero attached hydrogens (tertiary/aromatic N) is 1. The van der Waals surface area contributed by atoms with Gasteiger partial charge in [-0.2, -0.15) is 5.26 Å². The lowest BCUT2D eigenvalue weighted by Gasteiger charge is -2.12. The maximum atomic E-state index is 9.48. The van der Waals surface area contributed by atoms with Crippen LogP contribution in [0.15, 0.2) is 53.5 Å². The van der Waals surface area contributed by atoms with Gasteiger partial charge in [-0.15, -0.1) is 0 Å². The van der Waals surface area contributed by atoms with Gasteiger partial charge >= 0.3 is 0 Å². The second-order valence-electron chi connectivity index (χ2n) is 4.81. The Hall–Kier alpha value is -1.78. The van der Waals surface area contributed by atoms with Crippen molar-refractivity contribution in [2.75, 3.05) is 13.7 Å². The first kappa shape index (κ1) is 18.6. The molecule has 5 heteroatoms. The third-order valence-electron chi connectivity index (χ3n) is 3.18. The van der Waals surface area contributed by atoms with E-state index in [0.29, 0.717) is 23.7 Å². The highest BCUT2D eigenvalue weighted by molar-refractivity contribution is 14.1. The van der Waals surface area contributed by atoms with Gasteiger partial charge in [-0.25, -0.2) is 0 Å². The molecule has 0 saturated heterocycles. The van der Waals surface area contributed by atoms with Crippen LogP contribution >= 0.6 is 38.5 Å². The number of hydrogen-bond acceptors (Lipinski definition) is 3. The van der Waals surface area contributed by atoms with Gasteiger partial charge in [0.05, 0.1) is 22.3 Å². The van der Waals surface area contributed by atoms with Crippen LogP contribution in [0, 0.1) is 14.9 Å². The average molecular weight is 496 g/mol. The third kappa shape index (κ3) is 4.62. The minimum absolute atomic E-state index is 0.407. The molecule has 0 amide bonds. The summed E-state index contributed by atoms with van der Waals surface area (Å²) >= 11 is 5.59. The molecule has 24 heavy (non-hydrogen) atoms. The Balaban J connectivity index is 2.43. The lowest BCUT2D eigenvalue weighted by molar-refractivity contribution is 0.324. The third-order valence-corrected chi connectivity index (χ3v) is 4.51. The normalized spacial score (nSPS) is 10.8. The van der Waals surface area contributed by atoms with Crippen LogP contribution in [0.2, 0.25) is 0 Å². The van der Waals surface area contributed by atoms with Crippen molar-refractivity contribution in [1.82, 2.24) is 0 Å². The Morgan fingerprint density at radius 2 is 2.04 bits per heavy atom. The SMILES string of the molecule is C=CCOc1c(I)cc(/C=C(\C#N)c2ccc(Br)cc2)cc1OC. The predicted octanol–water partition coefficient (Wildman–Crippen LogP) is 5.69. The largest absolute Gasteiger partial charge is 0.493 e. The summed E-state index contributed by atoms with van der Waals surface area (Å²) in [5, 5.41) is 9.48. The number of nitriles is 1. The molecule has 0 aromatic heterocycles.